The van der Waals surface area contributed by atoms with Crippen LogP contribution in [0.5, 0.6) is 0 Å². The van der Waals surface area contributed by atoms with Crippen molar-refractivity contribution in [3.8, 4) is 0 Å². The lowest BCUT2D eigenvalue weighted by molar-refractivity contribution is -0.102. The standard InChI is InChI=1S/C12H16ClN3O/c1-15-11(8-17)6-12(14)16-7-9-3-2-4-10(13)5-9/h2-4,8-9H,5-7H2,1H3,(H2,14,16). The minimum Gasteiger partial charge on any atom is -0.387 e. The topological polar surface area (TPSA) is 67.8 Å². The van der Waals surface area contributed by atoms with Gasteiger partial charge in [0.2, 0.25) is 0 Å². The van der Waals surface area contributed by atoms with E-state index in [-0.39, 0.29) is 5.92 Å². The van der Waals surface area contributed by atoms with Gasteiger partial charge in [0.25, 0.3) is 0 Å². The molecule has 1 aliphatic carbocycles. The lowest BCUT2D eigenvalue weighted by Gasteiger charge is -2.12. The van der Waals surface area contributed by atoms with Gasteiger partial charge in [0.1, 0.15) is 0 Å². The molecule has 17 heavy (non-hydrogen) atoms. The molecule has 0 aromatic rings. The lowest BCUT2D eigenvalue weighted by atomic mass is 10.0. The maximum Gasteiger partial charge on any atom is 0.164 e. The highest BCUT2D eigenvalue weighted by molar-refractivity contribution is 6.32. The van der Waals surface area contributed by atoms with Crippen LogP contribution in [-0.2, 0) is 4.79 Å². The molecule has 2 N–H and O–H groups in total. The lowest BCUT2D eigenvalue weighted by Crippen LogP contribution is -2.19. The Morgan fingerprint density at radius 1 is 1.71 bits per heavy atom. The summed E-state index contributed by atoms with van der Waals surface area (Å²) < 4.78 is 0. The van der Waals surface area contributed by atoms with Crippen molar-refractivity contribution in [1.82, 2.24) is 0 Å². The van der Waals surface area contributed by atoms with Gasteiger partial charge in [-0.3, -0.25) is 14.8 Å². The van der Waals surface area contributed by atoms with Crippen LogP contribution in [0.3, 0.4) is 0 Å². The predicted molar refractivity (Wildman–Crippen MR) is 71.7 cm³/mol. The SMILES string of the molecule is CN=C(C=O)CC(N)=NCC1C=CC=C(Cl)C1. The van der Waals surface area contributed by atoms with Crippen LogP contribution in [0.25, 0.3) is 0 Å². The van der Waals surface area contributed by atoms with Crippen molar-refractivity contribution in [2.24, 2.45) is 21.6 Å². The molecule has 0 spiro atoms. The Labute approximate surface area is 106 Å². The molecular formula is C12H16ClN3O. The quantitative estimate of drug-likeness (QED) is 0.460. The Kier molecular flexibility index (Phi) is 5.63. The number of halogens is 1. The van der Waals surface area contributed by atoms with Crippen LogP contribution >= 0.6 is 11.6 Å². The largest absolute Gasteiger partial charge is 0.387 e. The van der Waals surface area contributed by atoms with E-state index < -0.39 is 0 Å². The van der Waals surface area contributed by atoms with E-state index in [9.17, 15) is 4.79 Å². The molecule has 1 rings (SSSR count). The fourth-order valence-corrected chi connectivity index (χ4v) is 1.75. The van der Waals surface area contributed by atoms with Crippen molar-refractivity contribution < 1.29 is 4.79 Å². The zero-order chi connectivity index (χ0) is 12.7. The predicted octanol–water partition coefficient (Wildman–Crippen LogP) is 1.70. The summed E-state index contributed by atoms with van der Waals surface area (Å²) in [5, 5.41) is 0.829. The first kappa shape index (κ1) is 13.6. The Morgan fingerprint density at radius 3 is 3.06 bits per heavy atom. The van der Waals surface area contributed by atoms with Gasteiger partial charge >= 0.3 is 0 Å². The van der Waals surface area contributed by atoms with Crippen LogP contribution in [-0.4, -0.2) is 31.4 Å². The number of nitrogens with zero attached hydrogens (tertiary/aromatic N) is 2. The molecule has 1 aliphatic rings. The van der Waals surface area contributed by atoms with Gasteiger partial charge in [-0.1, -0.05) is 23.8 Å². The monoisotopic (exact) mass is 253 g/mol. The van der Waals surface area contributed by atoms with Crippen molar-refractivity contribution in [2.75, 3.05) is 13.6 Å². The number of amidine groups is 1. The number of nitrogens with two attached hydrogens (primary N) is 1. The second kappa shape index (κ2) is 7.01. The summed E-state index contributed by atoms with van der Waals surface area (Å²) in [7, 11) is 1.56. The smallest absolute Gasteiger partial charge is 0.164 e. The van der Waals surface area contributed by atoms with Gasteiger partial charge in [-0.25, -0.2) is 0 Å². The molecule has 1 atom stereocenters. The van der Waals surface area contributed by atoms with Crippen LogP contribution in [0.4, 0.5) is 0 Å². The van der Waals surface area contributed by atoms with E-state index in [1.165, 1.54) is 0 Å². The van der Waals surface area contributed by atoms with Crippen LogP contribution in [0.15, 0.2) is 33.2 Å². The first-order valence-electron chi connectivity index (χ1n) is 5.38. The summed E-state index contributed by atoms with van der Waals surface area (Å²) in [4.78, 5) is 18.6. The molecule has 92 valence electrons. The van der Waals surface area contributed by atoms with E-state index in [1.807, 2.05) is 12.2 Å². The molecule has 0 fully saturated rings. The zero-order valence-electron chi connectivity index (χ0n) is 9.77. The molecule has 0 radical (unpaired) electrons. The molecule has 0 heterocycles. The minimum atomic E-state index is 0.282. The van der Waals surface area contributed by atoms with Crippen LogP contribution in [0.2, 0.25) is 0 Å². The molecule has 0 saturated carbocycles. The highest BCUT2D eigenvalue weighted by atomic mass is 35.5. The van der Waals surface area contributed by atoms with Crippen LogP contribution in [0.1, 0.15) is 12.8 Å². The van der Waals surface area contributed by atoms with Gasteiger partial charge in [0, 0.05) is 31.0 Å². The van der Waals surface area contributed by atoms with Crippen LogP contribution < -0.4 is 5.73 Å². The number of allylic oxidation sites excluding steroid dienone is 3. The van der Waals surface area contributed by atoms with Gasteiger partial charge < -0.3 is 5.73 Å². The number of aldehydes is 1. The molecule has 0 aromatic carbocycles. The fourth-order valence-electron chi connectivity index (χ4n) is 1.48. The van der Waals surface area contributed by atoms with Crippen LogP contribution in [0, 0.1) is 5.92 Å². The highest BCUT2D eigenvalue weighted by Crippen LogP contribution is 2.21. The van der Waals surface area contributed by atoms with Gasteiger partial charge in [-0.15, -0.1) is 0 Å². The number of carbonyl (C=O) groups is 1. The molecule has 5 heteroatoms. The molecule has 4 nitrogen and oxygen atoms in total. The summed E-state index contributed by atoms with van der Waals surface area (Å²) in [6, 6.07) is 0. The number of hydrogen-bond donors (Lipinski definition) is 1. The molecule has 0 aromatic heterocycles. The summed E-state index contributed by atoms with van der Waals surface area (Å²) in [6.45, 7) is 0.586. The maximum absolute atomic E-state index is 10.5. The minimum absolute atomic E-state index is 0.282. The molecule has 0 amide bonds. The van der Waals surface area contributed by atoms with E-state index in [0.717, 1.165) is 11.5 Å². The number of hydrogen-bond acceptors (Lipinski definition) is 3. The third-order valence-corrected chi connectivity index (χ3v) is 2.71. The average molecular weight is 254 g/mol. The van der Waals surface area contributed by atoms with Gasteiger partial charge in [0.05, 0.1) is 11.5 Å². The first-order valence-corrected chi connectivity index (χ1v) is 5.76. The highest BCUT2D eigenvalue weighted by Gasteiger charge is 2.09. The number of carbonyl (C=O) groups excluding carboxylic acids is 1. The third kappa shape index (κ3) is 4.95. The van der Waals surface area contributed by atoms with Gasteiger partial charge in [-0.2, -0.15) is 0 Å². The number of aliphatic imine (C=N–C) groups is 2. The van der Waals surface area contributed by atoms with Crippen molar-refractivity contribution in [3.05, 3.63) is 23.3 Å². The first-order chi connectivity index (χ1) is 8.15. The Bertz CT molecular complexity index is 397. The average Bonchev–Trinajstić information content (AvgIpc) is 2.33. The second-order valence-corrected chi connectivity index (χ2v) is 4.29. The summed E-state index contributed by atoms with van der Waals surface area (Å²) >= 11 is 5.92. The molecule has 0 bridgehead atoms. The van der Waals surface area contributed by atoms with E-state index in [2.05, 4.69) is 16.1 Å². The summed E-state index contributed by atoms with van der Waals surface area (Å²) in [6.07, 6.45) is 7.64. The molecule has 0 saturated heterocycles. The van der Waals surface area contributed by atoms with Crippen molar-refractivity contribution in [2.45, 2.75) is 12.8 Å². The summed E-state index contributed by atoms with van der Waals surface area (Å²) in [5.41, 5.74) is 6.12. The van der Waals surface area contributed by atoms with E-state index in [1.54, 1.807) is 7.05 Å². The van der Waals surface area contributed by atoms with Gasteiger partial charge in [-0.05, 0) is 12.5 Å². The van der Waals surface area contributed by atoms with Crippen molar-refractivity contribution in [1.29, 1.82) is 0 Å². The van der Waals surface area contributed by atoms with Gasteiger partial charge in [0.15, 0.2) is 6.29 Å². The molecular weight excluding hydrogens is 238 g/mol. The molecule has 0 aliphatic heterocycles. The Hall–Kier alpha value is -1.42. The summed E-state index contributed by atoms with van der Waals surface area (Å²) in [5.74, 6) is 0.709. The maximum atomic E-state index is 10.5. The van der Waals surface area contributed by atoms with E-state index in [0.29, 0.717) is 30.8 Å². The Morgan fingerprint density at radius 2 is 2.47 bits per heavy atom. The normalized spacial score (nSPS) is 21.3. The van der Waals surface area contributed by atoms with Crippen molar-refractivity contribution >= 4 is 29.4 Å². The van der Waals surface area contributed by atoms with E-state index >= 15 is 0 Å². The number of rotatable bonds is 5. The molecule has 1 unspecified atom stereocenters. The third-order valence-electron chi connectivity index (χ3n) is 2.43. The fraction of sp³-hybridized carbons (Fsp3) is 0.417. The van der Waals surface area contributed by atoms with E-state index in [4.69, 9.17) is 17.3 Å². The second-order valence-electron chi connectivity index (χ2n) is 3.80. The van der Waals surface area contributed by atoms with Crippen molar-refractivity contribution in [3.63, 3.8) is 0 Å². The zero-order valence-corrected chi connectivity index (χ0v) is 10.5. The Balaban J connectivity index is 2.46.